The number of hydrogen-bond donors (Lipinski definition) is 2. The second-order valence-corrected chi connectivity index (χ2v) is 5.10. The summed E-state index contributed by atoms with van der Waals surface area (Å²) in [6.07, 6.45) is 1.58. The van der Waals surface area contributed by atoms with Crippen LogP contribution in [0.3, 0.4) is 0 Å². The summed E-state index contributed by atoms with van der Waals surface area (Å²) in [5.41, 5.74) is 0.944. The summed E-state index contributed by atoms with van der Waals surface area (Å²) in [4.78, 5) is 22.5. The fourth-order valence-corrected chi connectivity index (χ4v) is 2.54. The standard InChI is InChI=1S/C13H13IN2O4/c1-3-20-11-8(14)4-7(6-10(11)19-2)5-9-12(17)16-13(18)15-9/h4-6H,3H2,1-2H3,(H2,15,16,17,18)/b9-5-. The molecular formula is C13H13IN2O4. The molecule has 3 amide bonds. The Balaban J connectivity index is 2.39. The van der Waals surface area contributed by atoms with Crippen molar-refractivity contribution in [3.63, 3.8) is 0 Å². The zero-order valence-electron chi connectivity index (χ0n) is 11.0. The van der Waals surface area contributed by atoms with Gasteiger partial charge in [0.1, 0.15) is 5.70 Å². The molecule has 0 aromatic heterocycles. The summed E-state index contributed by atoms with van der Waals surface area (Å²) >= 11 is 2.13. The van der Waals surface area contributed by atoms with Crippen LogP contribution in [0.4, 0.5) is 4.79 Å². The molecule has 20 heavy (non-hydrogen) atoms. The van der Waals surface area contributed by atoms with Gasteiger partial charge in [0.25, 0.3) is 5.91 Å². The number of ether oxygens (including phenoxy) is 2. The van der Waals surface area contributed by atoms with E-state index in [0.29, 0.717) is 18.1 Å². The van der Waals surface area contributed by atoms with E-state index in [1.807, 2.05) is 13.0 Å². The van der Waals surface area contributed by atoms with Gasteiger partial charge in [-0.2, -0.15) is 0 Å². The molecule has 1 heterocycles. The predicted octanol–water partition coefficient (Wildman–Crippen LogP) is 1.88. The third-order valence-corrected chi connectivity index (χ3v) is 3.37. The van der Waals surface area contributed by atoms with Crippen LogP contribution in [0.25, 0.3) is 6.08 Å². The van der Waals surface area contributed by atoms with E-state index >= 15 is 0 Å². The van der Waals surface area contributed by atoms with Crippen LogP contribution in [-0.2, 0) is 4.79 Å². The van der Waals surface area contributed by atoms with Crippen LogP contribution in [0.1, 0.15) is 12.5 Å². The van der Waals surface area contributed by atoms with Crippen LogP contribution in [0.15, 0.2) is 17.8 Å². The zero-order chi connectivity index (χ0) is 14.7. The van der Waals surface area contributed by atoms with Gasteiger partial charge in [0.2, 0.25) is 0 Å². The molecule has 0 atom stereocenters. The molecule has 1 fully saturated rings. The van der Waals surface area contributed by atoms with Crippen molar-refractivity contribution >= 4 is 40.6 Å². The highest BCUT2D eigenvalue weighted by Gasteiger charge is 2.23. The number of carbonyl (C=O) groups is 2. The van der Waals surface area contributed by atoms with E-state index in [9.17, 15) is 9.59 Å². The summed E-state index contributed by atoms with van der Waals surface area (Å²) in [6.45, 7) is 2.43. The van der Waals surface area contributed by atoms with Gasteiger partial charge in [0, 0.05) is 0 Å². The largest absolute Gasteiger partial charge is 0.493 e. The van der Waals surface area contributed by atoms with E-state index in [1.54, 1.807) is 19.3 Å². The van der Waals surface area contributed by atoms with Crippen molar-refractivity contribution in [1.29, 1.82) is 0 Å². The number of imide groups is 1. The van der Waals surface area contributed by atoms with E-state index in [2.05, 4.69) is 33.2 Å². The monoisotopic (exact) mass is 388 g/mol. The topological polar surface area (TPSA) is 76.7 Å². The molecule has 1 aromatic carbocycles. The second kappa shape index (κ2) is 6.12. The maximum Gasteiger partial charge on any atom is 0.326 e. The zero-order valence-corrected chi connectivity index (χ0v) is 13.1. The highest BCUT2D eigenvalue weighted by atomic mass is 127. The summed E-state index contributed by atoms with van der Waals surface area (Å²) in [5, 5.41) is 4.58. The Morgan fingerprint density at radius 3 is 2.60 bits per heavy atom. The van der Waals surface area contributed by atoms with E-state index in [1.165, 1.54) is 0 Å². The van der Waals surface area contributed by atoms with Crippen LogP contribution in [0.5, 0.6) is 11.5 Å². The first-order valence-corrected chi connectivity index (χ1v) is 6.97. The summed E-state index contributed by atoms with van der Waals surface area (Å²) in [6, 6.07) is 3.07. The quantitative estimate of drug-likeness (QED) is 0.469. The Morgan fingerprint density at radius 2 is 2.05 bits per heavy atom. The molecule has 0 aliphatic carbocycles. The smallest absolute Gasteiger partial charge is 0.326 e. The average Bonchev–Trinajstić information content (AvgIpc) is 2.70. The number of carbonyl (C=O) groups excluding carboxylic acids is 2. The van der Waals surface area contributed by atoms with Crippen molar-refractivity contribution in [2.75, 3.05) is 13.7 Å². The van der Waals surface area contributed by atoms with E-state index < -0.39 is 11.9 Å². The molecule has 1 saturated heterocycles. The van der Waals surface area contributed by atoms with Crippen molar-refractivity contribution in [2.45, 2.75) is 6.92 Å². The molecule has 0 spiro atoms. The lowest BCUT2D eigenvalue weighted by molar-refractivity contribution is -0.115. The van der Waals surface area contributed by atoms with Gasteiger partial charge in [-0.3, -0.25) is 10.1 Å². The number of benzene rings is 1. The molecule has 106 valence electrons. The van der Waals surface area contributed by atoms with Crippen LogP contribution in [-0.4, -0.2) is 25.7 Å². The van der Waals surface area contributed by atoms with Crippen LogP contribution < -0.4 is 20.1 Å². The average molecular weight is 388 g/mol. The Bertz CT molecular complexity index is 598. The van der Waals surface area contributed by atoms with Gasteiger partial charge >= 0.3 is 6.03 Å². The number of halogens is 1. The maximum absolute atomic E-state index is 11.5. The van der Waals surface area contributed by atoms with E-state index in [4.69, 9.17) is 9.47 Å². The molecule has 1 aliphatic rings. The lowest BCUT2D eigenvalue weighted by atomic mass is 10.1. The molecule has 0 saturated carbocycles. The molecule has 1 aromatic rings. The second-order valence-electron chi connectivity index (χ2n) is 3.93. The molecule has 2 N–H and O–H groups in total. The Morgan fingerprint density at radius 1 is 1.30 bits per heavy atom. The van der Waals surface area contributed by atoms with Crippen molar-refractivity contribution in [3.05, 3.63) is 27.0 Å². The molecule has 2 rings (SSSR count). The minimum Gasteiger partial charge on any atom is -0.493 e. The Labute approximate surface area is 129 Å². The predicted molar refractivity (Wildman–Crippen MR) is 81.5 cm³/mol. The number of amides is 3. The fraction of sp³-hybridized carbons (Fsp3) is 0.231. The normalized spacial score (nSPS) is 16.1. The van der Waals surface area contributed by atoms with Crippen molar-refractivity contribution in [2.24, 2.45) is 0 Å². The maximum atomic E-state index is 11.5. The highest BCUT2D eigenvalue weighted by Crippen LogP contribution is 2.34. The molecular weight excluding hydrogens is 375 g/mol. The van der Waals surface area contributed by atoms with Crippen molar-refractivity contribution in [1.82, 2.24) is 10.6 Å². The van der Waals surface area contributed by atoms with Gasteiger partial charge in [0.15, 0.2) is 11.5 Å². The van der Waals surface area contributed by atoms with Gasteiger partial charge in [-0.05, 0) is 53.3 Å². The molecule has 1 aliphatic heterocycles. The van der Waals surface area contributed by atoms with Gasteiger partial charge in [0.05, 0.1) is 17.3 Å². The first-order valence-electron chi connectivity index (χ1n) is 5.89. The first kappa shape index (κ1) is 14.6. The highest BCUT2D eigenvalue weighted by molar-refractivity contribution is 14.1. The van der Waals surface area contributed by atoms with Gasteiger partial charge in [-0.25, -0.2) is 4.79 Å². The van der Waals surface area contributed by atoms with Crippen molar-refractivity contribution in [3.8, 4) is 11.5 Å². The molecule has 7 heteroatoms. The minimum atomic E-state index is -0.520. The SMILES string of the molecule is CCOc1c(I)cc(/C=C2\NC(=O)NC2=O)cc1OC. The summed E-state index contributed by atoms with van der Waals surface area (Å²) in [5.74, 6) is 0.797. The van der Waals surface area contributed by atoms with Crippen LogP contribution >= 0.6 is 22.6 Å². The number of urea groups is 1. The van der Waals surface area contributed by atoms with Crippen molar-refractivity contribution < 1.29 is 19.1 Å². The number of nitrogens with one attached hydrogen (secondary N) is 2. The Kier molecular flexibility index (Phi) is 4.48. The molecule has 0 bridgehead atoms. The van der Waals surface area contributed by atoms with Crippen LogP contribution in [0, 0.1) is 3.57 Å². The first-order chi connectivity index (χ1) is 9.55. The summed E-state index contributed by atoms with van der Waals surface area (Å²) < 4.78 is 11.7. The number of hydrogen-bond acceptors (Lipinski definition) is 4. The molecule has 0 radical (unpaired) electrons. The lowest BCUT2D eigenvalue weighted by Crippen LogP contribution is -2.22. The minimum absolute atomic E-state index is 0.206. The Hall–Kier alpha value is -1.77. The third-order valence-electron chi connectivity index (χ3n) is 2.57. The van der Waals surface area contributed by atoms with E-state index in [-0.39, 0.29) is 5.70 Å². The molecule has 0 unspecified atom stereocenters. The summed E-state index contributed by atoms with van der Waals surface area (Å²) in [7, 11) is 1.55. The van der Waals surface area contributed by atoms with Gasteiger partial charge in [-0.15, -0.1) is 0 Å². The third kappa shape index (κ3) is 3.03. The van der Waals surface area contributed by atoms with Gasteiger partial charge < -0.3 is 14.8 Å². The molecule has 6 nitrogen and oxygen atoms in total. The number of rotatable bonds is 4. The van der Waals surface area contributed by atoms with Gasteiger partial charge in [-0.1, -0.05) is 0 Å². The van der Waals surface area contributed by atoms with E-state index in [0.717, 1.165) is 9.13 Å². The lowest BCUT2D eigenvalue weighted by Gasteiger charge is -2.12. The fourth-order valence-electron chi connectivity index (χ4n) is 1.76. The number of methoxy groups -OCH3 is 1. The van der Waals surface area contributed by atoms with Crippen LogP contribution in [0.2, 0.25) is 0 Å².